The van der Waals surface area contributed by atoms with Crippen molar-refractivity contribution in [3.63, 3.8) is 0 Å². The van der Waals surface area contributed by atoms with Crippen LogP contribution in [-0.4, -0.2) is 42.7 Å². The van der Waals surface area contributed by atoms with Crippen LogP contribution in [0.15, 0.2) is 0 Å². The average molecular weight is 172 g/mol. The van der Waals surface area contributed by atoms with Crippen molar-refractivity contribution in [1.82, 2.24) is 4.90 Å². The van der Waals surface area contributed by atoms with Crippen molar-refractivity contribution < 1.29 is 9.90 Å². The van der Waals surface area contributed by atoms with Crippen LogP contribution in [-0.2, 0) is 4.79 Å². The lowest BCUT2D eigenvalue weighted by Gasteiger charge is -2.39. The molecule has 0 spiro atoms. The van der Waals surface area contributed by atoms with Gasteiger partial charge in [-0.2, -0.15) is 0 Å². The summed E-state index contributed by atoms with van der Waals surface area (Å²) in [5, 5.41) is 9.13. The molecule has 0 aliphatic carbocycles. The highest BCUT2D eigenvalue weighted by molar-refractivity contribution is 5.47. The lowest BCUT2D eigenvalue weighted by atomic mass is 9.81. The molecule has 1 atom stereocenters. The Hall–Kier alpha value is -0.610. The Bertz CT molecular complexity index is 157. The summed E-state index contributed by atoms with van der Waals surface area (Å²) in [4.78, 5) is 12.2. The van der Waals surface area contributed by atoms with E-state index in [1.165, 1.54) is 0 Å². The molecule has 70 valence electrons. The highest BCUT2D eigenvalue weighted by Gasteiger charge is 2.33. The lowest BCUT2D eigenvalue weighted by Crippen LogP contribution is -2.48. The molecule has 4 heteroatoms. The molecule has 1 aliphatic rings. The van der Waals surface area contributed by atoms with Gasteiger partial charge < -0.3 is 15.7 Å². The summed E-state index contributed by atoms with van der Waals surface area (Å²) in [5.41, 5.74) is 5.33. The molecule has 1 amide bonds. The number of aliphatic hydroxyl groups is 1. The number of amides is 1. The Morgan fingerprint density at radius 2 is 2.42 bits per heavy atom. The fourth-order valence-corrected chi connectivity index (χ4v) is 1.70. The van der Waals surface area contributed by atoms with Crippen LogP contribution in [0.5, 0.6) is 0 Å². The lowest BCUT2D eigenvalue weighted by molar-refractivity contribution is -0.121. The molecule has 0 bridgehead atoms. The third kappa shape index (κ3) is 1.76. The van der Waals surface area contributed by atoms with Gasteiger partial charge in [-0.15, -0.1) is 0 Å². The van der Waals surface area contributed by atoms with E-state index in [0.717, 1.165) is 25.8 Å². The zero-order valence-corrected chi connectivity index (χ0v) is 7.20. The normalized spacial score (nSPS) is 30.3. The second-order valence-corrected chi connectivity index (χ2v) is 3.54. The van der Waals surface area contributed by atoms with E-state index in [1.807, 2.05) is 0 Å². The van der Waals surface area contributed by atoms with Crippen molar-refractivity contribution in [2.45, 2.75) is 12.8 Å². The van der Waals surface area contributed by atoms with Crippen molar-refractivity contribution in [2.75, 3.05) is 26.2 Å². The first-order valence-corrected chi connectivity index (χ1v) is 4.27. The molecule has 1 saturated heterocycles. The molecular weight excluding hydrogens is 156 g/mol. The van der Waals surface area contributed by atoms with E-state index in [9.17, 15) is 4.79 Å². The Morgan fingerprint density at radius 1 is 1.67 bits per heavy atom. The van der Waals surface area contributed by atoms with Gasteiger partial charge in [0.25, 0.3) is 0 Å². The molecule has 1 aliphatic heterocycles. The molecule has 1 fully saturated rings. The first kappa shape index (κ1) is 9.48. The van der Waals surface area contributed by atoms with Crippen LogP contribution in [0.1, 0.15) is 12.8 Å². The average Bonchev–Trinajstić information content (AvgIpc) is 2.18. The van der Waals surface area contributed by atoms with Gasteiger partial charge in [-0.1, -0.05) is 0 Å². The van der Waals surface area contributed by atoms with Crippen LogP contribution in [0, 0.1) is 5.41 Å². The van der Waals surface area contributed by atoms with Crippen molar-refractivity contribution in [3.8, 4) is 0 Å². The minimum Gasteiger partial charge on any atom is -0.396 e. The van der Waals surface area contributed by atoms with Gasteiger partial charge in [0, 0.05) is 25.0 Å². The number of rotatable bonds is 3. The molecule has 0 aromatic carbocycles. The number of likely N-dealkylation sites (tertiary alicyclic amines) is 1. The summed E-state index contributed by atoms with van der Waals surface area (Å²) in [6.45, 7) is 1.93. The molecule has 1 unspecified atom stereocenters. The summed E-state index contributed by atoms with van der Waals surface area (Å²) in [7, 11) is 0. The number of hydrogen-bond acceptors (Lipinski definition) is 3. The monoisotopic (exact) mass is 172 g/mol. The topological polar surface area (TPSA) is 66.6 Å². The predicted molar refractivity (Wildman–Crippen MR) is 45.4 cm³/mol. The summed E-state index contributed by atoms with van der Waals surface area (Å²) in [5.74, 6) is 0. The van der Waals surface area contributed by atoms with Crippen molar-refractivity contribution in [1.29, 1.82) is 0 Å². The van der Waals surface area contributed by atoms with Crippen LogP contribution in [0.25, 0.3) is 0 Å². The number of aliphatic hydroxyl groups excluding tert-OH is 1. The molecule has 1 rings (SSSR count). The van der Waals surface area contributed by atoms with Crippen LogP contribution < -0.4 is 5.73 Å². The number of nitrogens with zero attached hydrogens (tertiary/aromatic N) is 1. The van der Waals surface area contributed by atoms with Crippen LogP contribution >= 0.6 is 0 Å². The second kappa shape index (κ2) is 3.87. The van der Waals surface area contributed by atoms with Crippen LogP contribution in [0.4, 0.5) is 0 Å². The van der Waals surface area contributed by atoms with Gasteiger partial charge in [-0.25, -0.2) is 0 Å². The maximum absolute atomic E-state index is 10.5. The van der Waals surface area contributed by atoms with E-state index in [0.29, 0.717) is 13.1 Å². The maximum Gasteiger partial charge on any atom is 0.209 e. The van der Waals surface area contributed by atoms with E-state index >= 15 is 0 Å². The standard InChI is InChI=1S/C8H16N2O2/c9-4-8(6-11)2-1-3-10(5-8)7-12/h7,11H,1-6,9H2. The van der Waals surface area contributed by atoms with Gasteiger partial charge in [-0.05, 0) is 12.8 Å². The smallest absolute Gasteiger partial charge is 0.209 e. The molecule has 4 nitrogen and oxygen atoms in total. The van der Waals surface area contributed by atoms with Gasteiger partial charge in [0.05, 0.1) is 6.61 Å². The molecule has 1 heterocycles. The summed E-state index contributed by atoms with van der Waals surface area (Å²) in [6, 6.07) is 0. The SMILES string of the molecule is NCC1(CO)CCCN(C=O)C1. The van der Waals surface area contributed by atoms with Gasteiger partial charge in [-0.3, -0.25) is 4.79 Å². The molecule has 12 heavy (non-hydrogen) atoms. The summed E-state index contributed by atoms with van der Waals surface area (Å²) >= 11 is 0. The van der Waals surface area contributed by atoms with E-state index in [1.54, 1.807) is 4.90 Å². The highest BCUT2D eigenvalue weighted by Crippen LogP contribution is 2.27. The third-order valence-electron chi connectivity index (χ3n) is 2.61. The van der Waals surface area contributed by atoms with Gasteiger partial charge in [0.15, 0.2) is 0 Å². The number of nitrogens with two attached hydrogens (primary N) is 1. The third-order valence-corrected chi connectivity index (χ3v) is 2.61. The zero-order valence-electron chi connectivity index (χ0n) is 7.20. The zero-order chi connectivity index (χ0) is 9.03. The predicted octanol–water partition coefficient (Wildman–Crippen LogP) is -0.824. The van der Waals surface area contributed by atoms with Gasteiger partial charge >= 0.3 is 0 Å². The molecule has 3 N–H and O–H groups in total. The maximum atomic E-state index is 10.5. The van der Waals surface area contributed by atoms with Gasteiger partial charge in [0.1, 0.15) is 0 Å². The largest absolute Gasteiger partial charge is 0.396 e. The Kier molecular flexibility index (Phi) is 3.05. The van der Waals surface area contributed by atoms with E-state index in [4.69, 9.17) is 10.8 Å². The minimum atomic E-state index is -0.237. The highest BCUT2D eigenvalue weighted by atomic mass is 16.3. The number of hydrogen-bond donors (Lipinski definition) is 2. The molecule has 0 saturated carbocycles. The quantitative estimate of drug-likeness (QED) is 0.546. The van der Waals surface area contributed by atoms with E-state index < -0.39 is 0 Å². The van der Waals surface area contributed by atoms with E-state index in [-0.39, 0.29) is 12.0 Å². The Labute approximate surface area is 72.3 Å². The van der Waals surface area contributed by atoms with Crippen LogP contribution in [0.2, 0.25) is 0 Å². The number of piperidine rings is 1. The first-order chi connectivity index (χ1) is 5.76. The number of carbonyl (C=O) groups excluding carboxylic acids is 1. The molecular formula is C8H16N2O2. The number of carbonyl (C=O) groups is 1. The summed E-state index contributed by atoms with van der Waals surface area (Å²) in [6.07, 6.45) is 2.69. The molecule has 0 radical (unpaired) electrons. The Morgan fingerprint density at radius 3 is 2.92 bits per heavy atom. The second-order valence-electron chi connectivity index (χ2n) is 3.54. The van der Waals surface area contributed by atoms with Crippen molar-refractivity contribution in [3.05, 3.63) is 0 Å². The fraction of sp³-hybridized carbons (Fsp3) is 0.875. The van der Waals surface area contributed by atoms with E-state index in [2.05, 4.69) is 0 Å². The fourth-order valence-electron chi connectivity index (χ4n) is 1.70. The van der Waals surface area contributed by atoms with Crippen molar-refractivity contribution >= 4 is 6.41 Å². The minimum absolute atomic E-state index is 0.0772. The van der Waals surface area contributed by atoms with Crippen LogP contribution in [0.3, 0.4) is 0 Å². The molecule has 0 aromatic heterocycles. The molecule has 0 aromatic rings. The Balaban J connectivity index is 2.58. The van der Waals surface area contributed by atoms with Crippen molar-refractivity contribution in [2.24, 2.45) is 11.1 Å². The first-order valence-electron chi connectivity index (χ1n) is 4.27. The summed E-state index contributed by atoms with van der Waals surface area (Å²) < 4.78 is 0. The van der Waals surface area contributed by atoms with Gasteiger partial charge in [0.2, 0.25) is 6.41 Å².